The molecule has 2 atom stereocenters. The number of amides is 4. The molecule has 214 valence electrons. The molecule has 40 heavy (non-hydrogen) atoms. The van der Waals surface area contributed by atoms with Gasteiger partial charge < -0.3 is 20.1 Å². The lowest BCUT2D eigenvalue weighted by atomic mass is 10.2. The van der Waals surface area contributed by atoms with Crippen molar-refractivity contribution >= 4 is 93.0 Å². The van der Waals surface area contributed by atoms with Gasteiger partial charge in [0.1, 0.15) is 0 Å². The molecule has 0 fully saturated rings. The van der Waals surface area contributed by atoms with Crippen molar-refractivity contribution < 1.29 is 19.1 Å². The van der Waals surface area contributed by atoms with E-state index >= 15 is 0 Å². The number of para-hydroxylation sites is 2. The second-order valence-corrected chi connectivity index (χ2v) is 13.2. The van der Waals surface area contributed by atoms with Crippen molar-refractivity contribution in [2.75, 3.05) is 10.6 Å². The summed E-state index contributed by atoms with van der Waals surface area (Å²) in [6, 6.07) is 18.9. The number of ether oxygens (including phenoxy) is 2. The third-order valence-corrected chi connectivity index (χ3v) is 6.27. The van der Waals surface area contributed by atoms with Crippen molar-refractivity contribution in [1.82, 2.24) is 10.6 Å². The molecule has 4 N–H and O–H groups in total. The van der Waals surface area contributed by atoms with E-state index in [1.807, 2.05) is 38.1 Å². The van der Waals surface area contributed by atoms with Crippen LogP contribution in [0.25, 0.3) is 0 Å². The van der Waals surface area contributed by atoms with Crippen LogP contribution in [0.3, 0.4) is 0 Å². The van der Waals surface area contributed by atoms with Crippen molar-refractivity contribution in [1.29, 1.82) is 0 Å². The van der Waals surface area contributed by atoms with Crippen LogP contribution in [-0.4, -0.2) is 32.1 Å². The largest absolute Gasteiger partial charge is 0.462 e. The van der Waals surface area contributed by atoms with Gasteiger partial charge in [-0.15, -0.1) is 0 Å². The highest BCUT2D eigenvalue weighted by molar-refractivity contribution is 6.68. The average molecular weight is 669 g/mol. The van der Waals surface area contributed by atoms with Gasteiger partial charge in [-0.2, -0.15) is 0 Å². The number of carbonyl (C=O) groups is 2. The number of nitrogens with one attached hydrogen (secondary N) is 4. The highest BCUT2D eigenvalue weighted by atomic mass is 35.6. The number of halogens is 6. The summed E-state index contributed by atoms with van der Waals surface area (Å²) in [4.78, 5) is 25.2. The number of anilines is 2. The van der Waals surface area contributed by atoms with Gasteiger partial charge in [-0.25, -0.2) is 9.59 Å². The minimum atomic E-state index is -2.11. The molecule has 8 nitrogen and oxygen atoms in total. The first kappa shape index (κ1) is 32.1. The van der Waals surface area contributed by atoms with E-state index in [-0.39, 0.29) is 11.5 Å². The Hall–Kier alpha value is -2.46. The summed E-state index contributed by atoms with van der Waals surface area (Å²) in [7, 11) is 0. The number of carbonyl (C=O) groups excluding carboxylic acids is 2. The van der Waals surface area contributed by atoms with Crippen molar-refractivity contribution in [3.8, 4) is 11.5 Å². The zero-order chi connectivity index (χ0) is 29.5. The maximum atomic E-state index is 12.6. The fourth-order valence-corrected chi connectivity index (χ4v) is 3.70. The first-order valence-electron chi connectivity index (χ1n) is 11.5. The first-order chi connectivity index (χ1) is 18.7. The molecular weight excluding hydrogens is 645 g/mol. The molecule has 3 rings (SSSR count). The molecule has 0 heterocycles. The summed E-state index contributed by atoms with van der Waals surface area (Å²) in [5.74, 6) is 0.0175. The van der Waals surface area contributed by atoms with Crippen molar-refractivity contribution in [3.05, 3.63) is 83.9 Å². The molecule has 0 saturated carbocycles. The highest BCUT2D eigenvalue weighted by Crippen LogP contribution is 2.38. The van der Waals surface area contributed by atoms with Crippen LogP contribution in [0.1, 0.15) is 11.1 Å². The van der Waals surface area contributed by atoms with Crippen LogP contribution in [-0.2, 0) is 0 Å². The van der Waals surface area contributed by atoms with Gasteiger partial charge in [0.25, 0.3) is 0 Å². The van der Waals surface area contributed by atoms with Gasteiger partial charge in [-0.05, 0) is 50.2 Å². The molecule has 0 aliphatic carbocycles. The van der Waals surface area contributed by atoms with Crippen LogP contribution >= 0.6 is 69.6 Å². The number of alkyl halides is 6. The Morgan fingerprint density at radius 1 is 0.600 bits per heavy atom. The van der Waals surface area contributed by atoms with E-state index in [4.69, 9.17) is 79.1 Å². The van der Waals surface area contributed by atoms with E-state index < -0.39 is 32.1 Å². The highest BCUT2D eigenvalue weighted by Gasteiger charge is 2.39. The summed E-state index contributed by atoms with van der Waals surface area (Å²) in [5, 5.41) is 10.2. The number of aryl methyl sites for hydroxylation is 2. The van der Waals surface area contributed by atoms with Gasteiger partial charge in [0.05, 0.1) is 0 Å². The molecule has 4 amide bonds. The van der Waals surface area contributed by atoms with E-state index in [1.54, 1.807) is 36.4 Å². The second kappa shape index (κ2) is 13.9. The molecule has 0 radical (unpaired) electrons. The molecular formula is C26H24Cl6N4O4. The molecule has 0 aliphatic heterocycles. The Labute approximate surface area is 261 Å². The van der Waals surface area contributed by atoms with Gasteiger partial charge in [0.15, 0.2) is 11.5 Å². The Balaban J connectivity index is 1.74. The minimum absolute atomic E-state index is 0.00875. The molecule has 0 saturated heterocycles. The van der Waals surface area contributed by atoms with Crippen molar-refractivity contribution in [2.45, 2.75) is 33.9 Å². The van der Waals surface area contributed by atoms with Gasteiger partial charge in [-0.3, -0.25) is 10.6 Å². The first-order valence-corrected chi connectivity index (χ1v) is 13.8. The van der Waals surface area contributed by atoms with Crippen molar-refractivity contribution in [2.24, 2.45) is 0 Å². The topological polar surface area (TPSA) is 101 Å². The van der Waals surface area contributed by atoms with Gasteiger partial charge in [-0.1, -0.05) is 117 Å². The Bertz CT molecular complexity index is 1200. The van der Waals surface area contributed by atoms with Crippen molar-refractivity contribution in [3.63, 3.8) is 0 Å². The van der Waals surface area contributed by atoms with E-state index in [1.165, 1.54) is 12.1 Å². The molecule has 14 heteroatoms. The predicted octanol–water partition coefficient (Wildman–Crippen LogP) is 8.10. The van der Waals surface area contributed by atoms with Crippen LogP contribution in [0.5, 0.6) is 11.5 Å². The Morgan fingerprint density at radius 2 is 0.925 bits per heavy atom. The summed E-state index contributed by atoms with van der Waals surface area (Å²) < 4.78 is 7.40. The third kappa shape index (κ3) is 10.2. The maximum Gasteiger partial charge on any atom is 0.322 e. The lowest BCUT2D eigenvalue weighted by molar-refractivity contribution is 0.140. The molecule has 3 aromatic carbocycles. The van der Waals surface area contributed by atoms with Crippen LogP contribution in [0.15, 0.2) is 72.8 Å². The van der Waals surface area contributed by atoms with E-state index in [9.17, 15) is 9.59 Å². The van der Waals surface area contributed by atoms with Crippen LogP contribution in [0.2, 0.25) is 0 Å². The second-order valence-electron chi connectivity index (χ2n) is 8.45. The number of rotatable bonds is 8. The Morgan fingerprint density at radius 3 is 1.23 bits per heavy atom. The zero-order valence-corrected chi connectivity index (χ0v) is 25.5. The number of benzene rings is 3. The molecule has 0 aliphatic rings. The number of hydrogen-bond acceptors (Lipinski definition) is 4. The molecule has 0 aromatic heterocycles. The predicted molar refractivity (Wildman–Crippen MR) is 163 cm³/mol. The van der Waals surface area contributed by atoms with Gasteiger partial charge >= 0.3 is 12.1 Å². The maximum absolute atomic E-state index is 12.6. The lowest BCUT2D eigenvalue weighted by Gasteiger charge is -2.29. The SMILES string of the molecule is Cc1ccc(NC(=O)N[C@@H](Oc2ccccc2O[C@H](NC(=O)Nc2ccc(C)cc2)C(Cl)(Cl)Cl)C(Cl)(Cl)Cl)cc1. The molecule has 3 aromatic rings. The fourth-order valence-electron chi connectivity index (χ4n) is 3.10. The molecule has 0 bridgehead atoms. The summed E-state index contributed by atoms with van der Waals surface area (Å²) in [5.41, 5.74) is 3.05. The van der Waals surface area contributed by atoms with E-state index in [0.29, 0.717) is 11.4 Å². The average Bonchev–Trinajstić information content (AvgIpc) is 2.86. The monoisotopic (exact) mass is 666 g/mol. The fraction of sp³-hybridized carbons (Fsp3) is 0.231. The normalized spacial score (nSPS) is 13.0. The van der Waals surface area contributed by atoms with Crippen LogP contribution in [0, 0.1) is 13.8 Å². The quantitative estimate of drug-likeness (QED) is 0.144. The summed E-state index contributed by atoms with van der Waals surface area (Å²) >= 11 is 36.6. The van der Waals surface area contributed by atoms with Crippen LogP contribution < -0.4 is 30.7 Å². The van der Waals surface area contributed by atoms with Crippen LogP contribution in [0.4, 0.5) is 21.0 Å². The third-order valence-electron chi connectivity index (χ3n) is 5.08. The summed E-state index contributed by atoms with van der Waals surface area (Å²) in [6.07, 6.45) is -2.98. The van der Waals surface area contributed by atoms with E-state index in [0.717, 1.165) is 11.1 Å². The Kier molecular flexibility index (Phi) is 11.2. The zero-order valence-electron chi connectivity index (χ0n) is 21.0. The molecule has 0 spiro atoms. The standard InChI is InChI=1S/C26H24Cl6N4O4/c1-15-7-11-17(12-8-15)33-23(37)35-21(25(27,28)29)39-19-5-3-4-6-20(19)40-22(26(30,31)32)36-24(38)34-18-13-9-16(2)10-14-18/h3-14,21-22H,1-2H3,(H2,33,35,37)(H2,34,36,38)/t21-,22-/m0/s1. The van der Waals surface area contributed by atoms with Gasteiger partial charge in [0, 0.05) is 11.4 Å². The number of hydrogen-bond donors (Lipinski definition) is 4. The number of urea groups is 2. The minimum Gasteiger partial charge on any atom is -0.462 e. The van der Waals surface area contributed by atoms with E-state index in [2.05, 4.69) is 21.3 Å². The lowest BCUT2D eigenvalue weighted by Crippen LogP contribution is -2.50. The smallest absolute Gasteiger partial charge is 0.322 e. The summed E-state index contributed by atoms with van der Waals surface area (Å²) in [6.45, 7) is 3.82. The molecule has 0 unspecified atom stereocenters. The van der Waals surface area contributed by atoms with Gasteiger partial charge in [0.2, 0.25) is 20.0 Å².